The van der Waals surface area contributed by atoms with E-state index in [0.29, 0.717) is 0 Å². The van der Waals surface area contributed by atoms with Crippen LogP contribution in [0.2, 0.25) is 0 Å². The molecule has 120 valence electrons. The summed E-state index contributed by atoms with van der Waals surface area (Å²) in [6, 6.07) is 10.7. The summed E-state index contributed by atoms with van der Waals surface area (Å²) in [5, 5.41) is 0. The molecule has 1 aliphatic carbocycles. The largest absolute Gasteiger partial charge is 0.376 e. The van der Waals surface area contributed by atoms with Crippen molar-refractivity contribution < 1.29 is 9.53 Å². The van der Waals surface area contributed by atoms with E-state index in [2.05, 4.69) is 24.3 Å². The molecule has 2 atom stereocenters. The zero-order valence-corrected chi connectivity index (χ0v) is 13.6. The molecule has 0 bridgehead atoms. The second-order valence-corrected chi connectivity index (χ2v) is 6.73. The topological polar surface area (TPSA) is 32.8 Å². The van der Waals surface area contributed by atoms with Gasteiger partial charge in [0, 0.05) is 27.2 Å². The maximum Gasteiger partial charge on any atom is 0.319 e. The van der Waals surface area contributed by atoms with E-state index in [9.17, 15) is 4.79 Å². The molecular formula is C18H26N2O2. The standard InChI is InChI=1S/C18H26N2O2/c1-19(2)18(21)20-11-10-17(22-13-15-8-9-15)16(20)12-14-6-4-3-5-7-14/h3-7,15-17H,8-13H2,1-2H3/t16-,17+/m0/s1. The van der Waals surface area contributed by atoms with Gasteiger partial charge in [0.15, 0.2) is 0 Å². The van der Waals surface area contributed by atoms with Gasteiger partial charge in [0.05, 0.1) is 12.1 Å². The molecule has 2 fully saturated rings. The van der Waals surface area contributed by atoms with Gasteiger partial charge in [0.25, 0.3) is 0 Å². The maximum absolute atomic E-state index is 12.4. The van der Waals surface area contributed by atoms with E-state index in [0.717, 1.165) is 31.9 Å². The lowest BCUT2D eigenvalue weighted by Crippen LogP contribution is -2.46. The van der Waals surface area contributed by atoms with Gasteiger partial charge in [-0.3, -0.25) is 0 Å². The van der Waals surface area contributed by atoms with Gasteiger partial charge in [-0.25, -0.2) is 4.79 Å². The van der Waals surface area contributed by atoms with Crippen LogP contribution in [0.1, 0.15) is 24.8 Å². The highest BCUT2D eigenvalue weighted by atomic mass is 16.5. The van der Waals surface area contributed by atoms with Gasteiger partial charge in [-0.2, -0.15) is 0 Å². The summed E-state index contributed by atoms with van der Waals surface area (Å²) in [6.07, 6.45) is 4.59. The molecule has 2 aliphatic rings. The third kappa shape index (κ3) is 3.61. The Morgan fingerprint density at radius 2 is 1.95 bits per heavy atom. The predicted octanol–water partition coefficient (Wildman–Crippen LogP) is 2.78. The summed E-state index contributed by atoms with van der Waals surface area (Å²) in [4.78, 5) is 16.1. The first-order chi connectivity index (χ1) is 10.6. The third-order valence-electron chi connectivity index (χ3n) is 4.64. The lowest BCUT2D eigenvalue weighted by molar-refractivity contribution is 0.0243. The zero-order valence-electron chi connectivity index (χ0n) is 13.6. The maximum atomic E-state index is 12.4. The Hall–Kier alpha value is -1.55. The Kier molecular flexibility index (Phi) is 4.67. The Morgan fingerprint density at radius 1 is 1.23 bits per heavy atom. The first-order valence-electron chi connectivity index (χ1n) is 8.28. The molecule has 0 aromatic heterocycles. The summed E-state index contributed by atoms with van der Waals surface area (Å²) >= 11 is 0. The number of amides is 2. The highest BCUT2D eigenvalue weighted by molar-refractivity contribution is 5.74. The average molecular weight is 302 g/mol. The van der Waals surface area contributed by atoms with Gasteiger partial charge >= 0.3 is 6.03 Å². The first-order valence-corrected chi connectivity index (χ1v) is 8.28. The van der Waals surface area contributed by atoms with Crippen molar-refractivity contribution in [2.24, 2.45) is 5.92 Å². The summed E-state index contributed by atoms with van der Waals surface area (Å²) in [5.41, 5.74) is 1.27. The van der Waals surface area contributed by atoms with E-state index in [1.54, 1.807) is 4.90 Å². The number of hydrogen-bond donors (Lipinski definition) is 0. The molecule has 22 heavy (non-hydrogen) atoms. The zero-order chi connectivity index (χ0) is 15.5. The van der Waals surface area contributed by atoms with Crippen molar-refractivity contribution in [3.63, 3.8) is 0 Å². The van der Waals surface area contributed by atoms with Crippen molar-refractivity contribution in [3.05, 3.63) is 35.9 Å². The van der Waals surface area contributed by atoms with Crippen LogP contribution in [0.4, 0.5) is 4.79 Å². The van der Waals surface area contributed by atoms with Crippen LogP contribution in [0.3, 0.4) is 0 Å². The molecule has 0 spiro atoms. The van der Waals surface area contributed by atoms with Crippen LogP contribution >= 0.6 is 0 Å². The molecule has 1 aromatic carbocycles. The second-order valence-electron chi connectivity index (χ2n) is 6.73. The van der Waals surface area contributed by atoms with Gasteiger partial charge in [-0.05, 0) is 37.2 Å². The highest BCUT2D eigenvalue weighted by Crippen LogP contribution is 2.32. The number of ether oxygens (including phenoxy) is 1. The first kappa shape index (κ1) is 15.3. The van der Waals surface area contributed by atoms with E-state index < -0.39 is 0 Å². The molecule has 0 radical (unpaired) electrons. The number of benzene rings is 1. The monoisotopic (exact) mass is 302 g/mol. The smallest absolute Gasteiger partial charge is 0.319 e. The van der Waals surface area contributed by atoms with E-state index in [4.69, 9.17) is 4.74 Å². The van der Waals surface area contributed by atoms with E-state index in [-0.39, 0.29) is 18.2 Å². The minimum absolute atomic E-state index is 0.0958. The number of carbonyl (C=O) groups is 1. The van der Waals surface area contributed by atoms with Crippen LogP contribution in [0, 0.1) is 5.92 Å². The van der Waals surface area contributed by atoms with Crippen LogP contribution in [-0.4, -0.2) is 55.2 Å². The minimum atomic E-state index is 0.0958. The Morgan fingerprint density at radius 3 is 2.59 bits per heavy atom. The van der Waals surface area contributed by atoms with Crippen LogP contribution in [0.15, 0.2) is 30.3 Å². The molecule has 1 saturated carbocycles. The molecule has 0 unspecified atom stereocenters. The minimum Gasteiger partial charge on any atom is -0.376 e. The molecular weight excluding hydrogens is 276 g/mol. The van der Waals surface area contributed by atoms with Crippen molar-refractivity contribution in [2.75, 3.05) is 27.2 Å². The second kappa shape index (κ2) is 6.69. The van der Waals surface area contributed by atoms with E-state index in [1.165, 1.54) is 18.4 Å². The molecule has 4 nitrogen and oxygen atoms in total. The van der Waals surface area contributed by atoms with Crippen LogP contribution < -0.4 is 0 Å². The van der Waals surface area contributed by atoms with Crippen molar-refractivity contribution in [1.29, 1.82) is 0 Å². The van der Waals surface area contributed by atoms with Crippen LogP contribution in [-0.2, 0) is 11.2 Å². The predicted molar refractivity (Wildman–Crippen MR) is 86.8 cm³/mol. The molecule has 1 aliphatic heterocycles. The molecule has 1 heterocycles. The lowest BCUT2D eigenvalue weighted by atomic mass is 10.0. The fourth-order valence-corrected chi connectivity index (χ4v) is 3.16. The molecule has 2 amide bonds. The molecule has 1 saturated heterocycles. The van der Waals surface area contributed by atoms with Crippen molar-refractivity contribution in [3.8, 4) is 0 Å². The molecule has 1 aromatic rings. The lowest BCUT2D eigenvalue weighted by Gasteiger charge is -2.30. The summed E-state index contributed by atoms with van der Waals surface area (Å²) in [6.45, 7) is 1.66. The normalized spacial score (nSPS) is 24.5. The van der Waals surface area contributed by atoms with E-state index >= 15 is 0 Å². The molecule has 4 heteroatoms. The number of urea groups is 1. The van der Waals surface area contributed by atoms with Crippen molar-refractivity contribution >= 4 is 6.03 Å². The number of hydrogen-bond acceptors (Lipinski definition) is 2. The quantitative estimate of drug-likeness (QED) is 0.838. The van der Waals surface area contributed by atoms with Crippen molar-refractivity contribution in [1.82, 2.24) is 9.80 Å². The molecule has 0 N–H and O–H groups in total. The Bertz CT molecular complexity index is 499. The van der Waals surface area contributed by atoms with Gasteiger partial charge in [0.2, 0.25) is 0 Å². The summed E-state index contributed by atoms with van der Waals surface area (Å²) in [5.74, 6) is 0.760. The number of carbonyl (C=O) groups excluding carboxylic acids is 1. The highest BCUT2D eigenvalue weighted by Gasteiger charge is 2.39. The van der Waals surface area contributed by atoms with Gasteiger partial charge < -0.3 is 14.5 Å². The number of likely N-dealkylation sites (tertiary alicyclic amines) is 1. The molecule has 3 rings (SSSR count). The van der Waals surface area contributed by atoms with Gasteiger partial charge in [0.1, 0.15) is 0 Å². The summed E-state index contributed by atoms with van der Waals surface area (Å²) < 4.78 is 6.16. The van der Waals surface area contributed by atoms with Crippen LogP contribution in [0.25, 0.3) is 0 Å². The van der Waals surface area contributed by atoms with Gasteiger partial charge in [-0.15, -0.1) is 0 Å². The Labute approximate surface area is 133 Å². The van der Waals surface area contributed by atoms with Crippen molar-refractivity contribution in [2.45, 2.75) is 37.8 Å². The number of rotatable bonds is 5. The average Bonchev–Trinajstić information content (AvgIpc) is 3.27. The summed E-state index contributed by atoms with van der Waals surface area (Å²) in [7, 11) is 3.64. The number of nitrogens with zero attached hydrogens (tertiary/aromatic N) is 2. The SMILES string of the molecule is CN(C)C(=O)N1CC[C@@H](OCC2CC2)[C@@H]1Cc1ccccc1. The third-order valence-corrected chi connectivity index (χ3v) is 4.64. The Balaban J connectivity index is 1.70. The van der Waals surface area contributed by atoms with Crippen LogP contribution in [0.5, 0.6) is 0 Å². The fraction of sp³-hybridized carbons (Fsp3) is 0.611. The van der Waals surface area contributed by atoms with E-state index in [1.807, 2.05) is 25.1 Å². The van der Waals surface area contributed by atoms with Gasteiger partial charge in [-0.1, -0.05) is 30.3 Å². The fourth-order valence-electron chi connectivity index (χ4n) is 3.16.